The molecule has 5 heteroatoms. The van der Waals surface area contributed by atoms with Crippen molar-refractivity contribution >= 4 is 9.84 Å². The molecule has 1 spiro atoms. The Labute approximate surface area is 109 Å². The van der Waals surface area contributed by atoms with Crippen molar-refractivity contribution in [1.29, 1.82) is 0 Å². The van der Waals surface area contributed by atoms with Gasteiger partial charge in [0.05, 0.1) is 23.2 Å². The second kappa shape index (κ2) is 4.46. The van der Waals surface area contributed by atoms with Crippen LogP contribution in [0.5, 0.6) is 0 Å². The summed E-state index contributed by atoms with van der Waals surface area (Å²) in [5.41, 5.74) is -0.0140. The molecule has 2 aliphatic heterocycles. The highest BCUT2D eigenvalue weighted by Crippen LogP contribution is 2.39. The fourth-order valence-corrected chi connectivity index (χ4v) is 5.49. The van der Waals surface area contributed by atoms with Crippen molar-refractivity contribution in [2.75, 3.05) is 18.1 Å². The number of rotatable bonds is 0. The maximum atomic E-state index is 11.6. The summed E-state index contributed by atoms with van der Waals surface area (Å²) < 4.78 is 29.6. The van der Waals surface area contributed by atoms with Crippen LogP contribution < -0.4 is 5.32 Å². The molecule has 3 aliphatic rings. The first kappa shape index (κ1) is 12.9. The zero-order valence-corrected chi connectivity index (χ0v) is 11.8. The molecule has 4 atom stereocenters. The molecular formula is C13H23NO3S. The lowest BCUT2D eigenvalue weighted by molar-refractivity contribution is -0.156. The fraction of sp³-hybridized carbons (Fsp3) is 1.00. The molecule has 0 aromatic heterocycles. The smallest absolute Gasteiger partial charge is 0.152 e. The molecule has 0 radical (unpaired) electrons. The Bertz CT molecular complexity index is 422. The van der Waals surface area contributed by atoms with Crippen molar-refractivity contribution in [2.24, 2.45) is 5.92 Å². The molecule has 0 bridgehead atoms. The van der Waals surface area contributed by atoms with E-state index < -0.39 is 9.84 Å². The second-order valence-corrected chi connectivity index (χ2v) is 8.66. The number of hydrogen-bond donors (Lipinski definition) is 1. The summed E-state index contributed by atoms with van der Waals surface area (Å²) in [7, 11) is -2.85. The third-order valence-electron chi connectivity index (χ3n) is 4.73. The highest BCUT2D eigenvalue weighted by atomic mass is 32.2. The van der Waals surface area contributed by atoms with Gasteiger partial charge in [-0.15, -0.1) is 0 Å². The lowest BCUT2D eigenvalue weighted by Crippen LogP contribution is -2.63. The minimum atomic E-state index is -2.85. The first-order chi connectivity index (χ1) is 8.48. The van der Waals surface area contributed by atoms with Crippen LogP contribution in [0.1, 0.15) is 39.0 Å². The molecule has 3 fully saturated rings. The third-order valence-corrected chi connectivity index (χ3v) is 6.46. The van der Waals surface area contributed by atoms with Crippen LogP contribution in [-0.2, 0) is 14.6 Å². The summed E-state index contributed by atoms with van der Waals surface area (Å²) in [5, 5.41) is 3.45. The zero-order chi connectivity index (χ0) is 12.8. The van der Waals surface area contributed by atoms with Gasteiger partial charge in [-0.1, -0.05) is 19.8 Å². The average molecular weight is 273 g/mol. The van der Waals surface area contributed by atoms with Crippen LogP contribution in [0.25, 0.3) is 0 Å². The molecule has 4 nitrogen and oxygen atoms in total. The Morgan fingerprint density at radius 1 is 1.33 bits per heavy atom. The summed E-state index contributed by atoms with van der Waals surface area (Å²) >= 11 is 0. The largest absolute Gasteiger partial charge is 0.369 e. The van der Waals surface area contributed by atoms with Gasteiger partial charge in [0.25, 0.3) is 0 Å². The molecule has 2 heterocycles. The van der Waals surface area contributed by atoms with Crippen LogP contribution in [0.4, 0.5) is 0 Å². The molecule has 104 valence electrons. The van der Waals surface area contributed by atoms with Gasteiger partial charge < -0.3 is 10.1 Å². The summed E-state index contributed by atoms with van der Waals surface area (Å²) in [4.78, 5) is 0. The summed E-state index contributed by atoms with van der Waals surface area (Å²) in [5.74, 6) is 1.27. The topological polar surface area (TPSA) is 55.4 Å². The normalized spacial score (nSPS) is 47.7. The first-order valence-electron chi connectivity index (χ1n) is 7.10. The minimum absolute atomic E-state index is 0.0140. The molecule has 3 rings (SSSR count). The van der Waals surface area contributed by atoms with Gasteiger partial charge >= 0.3 is 0 Å². The van der Waals surface area contributed by atoms with Gasteiger partial charge in [0.2, 0.25) is 0 Å². The van der Waals surface area contributed by atoms with Crippen molar-refractivity contribution < 1.29 is 13.2 Å². The number of fused-ring (bicyclic) bond motifs is 1. The number of hydrogen-bond acceptors (Lipinski definition) is 4. The van der Waals surface area contributed by atoms with Crippen LogP contribution in [0.2, 0.25) is 0 Å². The molecule has 4 unspecified atom stereocenters. The Balaban J connectivity index is 1.71. The predicted octanol–water partition coefficient (Wildman–Crippen LogP) is 1.11. The molecular weight excluding hydrogens is 250 g/mol. The van der Waals surface area contributed by atoms with Gasteiger partial charge in [0.1, 0.15) is 0 Å². The Hall–Kier alpha value is -0.130. The highest BCUT2D eigenvalue weighted by Gasteiger charge is 2.46. The summed E-state index contributed by atoms with van der Waals surface area (Å²) in [6, 6.07) is 0.0200. The van der Waals surface area contributed by atoms with Gasteiger partial charge in [-0.3, -0.25) is 0 Å². The van der Waals surface area contributed by atoms with E-state index in [4.69, 9.17) is 4.74 Å². The van der Waals surface area contributed by atoms with Gasteiger partial charge in [-0.25, -0.2) is 8.42 Å². The molecule has 2 saturated heterocycles. The number of sulfone groups is 1. The van der Waals surface area contributed by atoms with Crippen molar-refractivity contribution in [3.05, 3.63) is 0 Å². The monoisotopic (exact) mass is 273 g/mol. The molecule has 0 aromatic rings. The van der Waals surface area contributed by atoms with Crippen molar-refractivity contribution in [3.63, 3.8) is 0 Å². The van der Waals surface area contributed by atoms with Crippen LogP contribution in [0.3, 0.4) is 0 Å². The zero-order valence-electron chi connectivity index (χ0n) is 11.0. The standard InChI is InChI=1S/C13H23NO3S/c1-10-3-2-5-13(7-10)9-14-11-8-18(15,16)6-4-12(11)17-13/h10-12,14H,2-9H2,1H3. The Morgan fingerprint density at radius 3 is 2.94 bits per heavy atom. The summed E-state index contributed by atoms with van der Waals surface area (Å²) in [6.45, 7) is 3.12. The molecule has 1 saturated carbocycles. The van der Waals surface area contributed by atoms with Crippen molar-refractivity contribution in [2.45, 2.75) is 56.8 Å². The van der Waals surface area contributed by atoms with E-state index in [2.05, 4.69) is 12.2 Å². The fourth-order valence-electron chi connectivity index (χ4n) is 3.85. The number of morpholine rings is 1. The van der Waals surface area contributed by atoms with Crippen molar-refractivity contribution in [3.8, 4) is 0 Å². The van der Waals surface area contributed by atoms with Gasteiger partial charge in [0.15, 0.2) is 9.84 Å². The minimum Gasteiger partial charge on any atom is -0.369 e. The SMILES string of the molecule is CC1CCCC2(CNC3CS(=O)(=O)CCC3O2)C1. The van der Waals surface area contributed by atoms with E-state index in [0.717, 1.165) is 25.3 Å². The molecule has 0 amide bonds. The Morgan fingerprint density at radius 2 is 2.17 bits per heavy atom. The number of ether oxygens (including phenoxy) is 1. The van der Waals surface area contributed by atoms with Gasteiger partial charge in [0, 0.05) is 12.6 Å². The maximum absolute atomic E-state index is 11.6. The lowest BCUT2D eigenvalue weighted by Gasteiger charge is -2.50. The van der Waals surface area contributed by atoms with Crippen LogP contribution in [0, 0.1) is 5.92 Å². The average Bonchev–Trinajstić information content (AvgIpc) is 2.29. The van der Waals surface area contributed by atoms with Gasteiger partial charge in [-0.2, -0.15) is 0 Å². The van der Waals surface area contributed by atoms with E-state index in [1.54, 1.807) is 0 Å². The first-order valence-corrected chi connectivity index (χ1v) is 8.92. The molecule has 18 heavy (non-hydrogen) atoms. The van der Waals surface area contributed by atoms with Gasteiger partial charge in [-0.05, 0) is 25.2 Å². The summed E-state index contributed by atoms with van der Waals surface area (Å²) in [6.07, 6.45) is 5.55. The van der Waals surface area contributed by atoms with E-state index in [9.17, 15) is 8.42 Å². The van der Waals surface area contributed by atoms with Crippen LogP contribution >= 0.6 is 0 Å². The molecule has 1 N–H and O–H groups in total. The van der Waals surface area contributed by atoms with E-state index in [1.165, 1.54) is 12.8 Å². The predicted molar refractivity (Wildman–Crippen MR) is 70.3 cm³/mol. The third kappa shape index (κ3) is 2.45. The molecule has 0 aromatic carbocycles. The van der Waals surface area contributed by atoms with E-state index in [1.807, 2.05) is 0 Å². The maximum Gasteiger partial charge on any atom is 0.152 e. The van der Waals surface area contributed by atoms with Crippen LogP contribution in [0.15, 0.2) is 0 Å². The van der Waals surface area contributed by atoms with E-state index in [0.29, 0.717) is 12.2 Å². The highest BCUT2D eigenvalue weighted by molar-refractivity contribution is 7.91. The van der Waals surface area contributed by atoms with E-state index in [-0.39, 0.29) is 23.5 Å². The van der Waals surface area contributed by atoms with Crippen molar-refractivity contribution in [1.82, 2.24) is 5.32 Å². The lowest BCUT2D eigenvalue weighted by atomic mass is 9.77. The quantitative estimate of drug-likeness (QED) is 0.718. The second-order valence-electron chi connectivity index (χ2n) is 6.43. The molecule has 1 aliphatic carbocycles. The van der Waals surface area contributed by atoms with Crippen LogP contribution in [-0.4, -0.2) is 44.2 Å². The van der Waals surface area contributed by atoms with E-state index >= 15 is 0 Å². The number of nitrogens with one attached hydrogen (secondary N) is 1. The Kier molecular flexibility index (Phi) is 3.19.